The summed E-state index contributed by atoms with van der Waals surface area (Å²) in [5, 5.41) is 3.49. The lowest BCUT2D eigenvalue weighted by Crippen LogP contribution is -2.47. The summed E-state index contributed by atoms with van der Waals surface area (Å²) in [6, 6.07) is 0.641. The summed E-state index contributed by atoms with van der Waals surface area (Å²) in [4.78, 5) is 11.7. The number of hydrogen-bond acceptors (Lipinski definition) is 5. The molecule has 142 valence electrons. The van der Waals surface area contributed by atoms with Crippen molar-refractivity contribution in [2.45, 2.75) is 12.5 Å². The Labute approximate surface area is 163 Å². The summed E-state index contributed by atoms with van der Waals surface area (Å²) in [6.07, 6.45) is 1.22. The van der Waals surface area contributed by atoms with E-state index in [0.717, 1.165) is 71.6 Å². The first-order valence-corrected chi connectivity index (χ1v) is 8.69. The number of halogens is 1. The number of methoxy groups -OCH3 is 1. The zero-order valence-electron chi connectivity index (χ0n) is 15.4. The van der Waals surface area contributed by atoms with E-state index in [1.807, 2.05) is 7.05 Å². The van der Waals surface area contributed by atoms with Crippen LogP contribution in [0.25, 0.3) is 0 Å². The van der Waals surface area contributed by atoms with Gasteiger partial charge >= 0.3 is 0 Å². The summed E-state index contributed by atoms with van der Waals surface area (Å²) in [7, 11) is 5.74. The van der Waals surface area contributed by atoms with Gasteiger partial charge in [-0.2, -0.15) is 0 Å². The van der Waals surface area contributed by atoms with Crippen LogP contribution in [0.2, 0.25) is 0 Å². The van der Waals surface area contributed by atoms with Crippen molar-refractivity contribution in [1.82, 2.24) is 20.0 Å². The van der Waals surface area contributed by atoms with Gasteiger partial charge in [0.05, 0.1) is 19.8 Å². The molecule has 8 heteroatoms. The van der Waals surface area contributed by atoms with Gasteiger partial charge in [0.1, 0.15) is 0 Å². The Bertz CT molecular complexity index is 366. The maximum atomic E-state index is 5.45. The predicted octanol–water partition coefficient (Wildman–Crippen LogP) is 0.165. The summed E-state index contributed by atoms with van der Waals surface area (Å²) in [6.45, 7) is 9.66. The molecule has 0 aromatic heterocycles. The van der Waals surface area contributed by atoms with Crippen molar-refractivity contribution in [3.63, 3.8) is 0 Å². The van der Waals surface area contributed by atoms with E-state index in [1.165, 1.54) is 6.42 Å². The second-order valence-electron chi connectivity index (χ2n) is 6.31. The first kappa shape index (κ1) is 21.9. The molecule has 2 fully saturated rings. The van der Waals surface area contributed by atoms with Crippen molar-refractivity contribution in [2.75, 3.05) is 86.8 Å². The topological polar surface area (TPSA) is 52.6 Å². The zero-order valence-corrected chi connectivity index (χ0v) is 17.7. The van der Waals surface area contributed by atoms with Crippen LogP contribution in [0.4, 0.5) is 0 Å². The average molecular weight is 455 g/mol. The van der Waals surface area contributed by atoms with Crippen LogP contribution in [-0.4, -0.2) is 114 Å². The van der Waals surface area contributed by atoms with Crippen molar-refractivity contribution >= 4 is 29.9 Å². The van der Waals surface area contributed by atoms with Crippen LogP contribution in [0.5, 0.6) is 0 Å². The molecule has 1 N–H and O–H groups in total. The van der Waals surface area contributed by atoms with Crippen molar-refractivity contribution < 1.29 is 9.47 Å². The first-order chi connectivity index (χ1) is 11.2. The molecule has 0 saturated carbocycles. The molecule has 7 nitrogen and oxygen atoms in total. The number of guanidine groups is 1. The van der Waals surface area contributed by atoms with E-state index >= 15 is 0 Å². The highest BCUT2D eigenvalue weighted by Crippen LogP contribution is 2.16. The second-order valence-corrected chi connectivity index (χ2v) is 6.31. The minimum Gasteiger partial charge on any atom is -0.383 e. The van der Waals surface area contributed by atoms with E-state index in [2.05, 4.69) is 32.1 Å². The van der Waals surface area contributed by atoms with Crippen LogP contribution in [0.1, 0.15) is 6.42 Å². The van der Waals surface area contributed by atoms with Crippen LogP contribution in [0.15, 0.2) is 4.99 Å². The Hall–Kier alpha value is -0.160. The van der Waals surface area contributed by atoms with Gasteiger partial charge in [0.25, 0.3) is 0 Å². The van der Waals surface area contributed by atoms with Crippen LogP contribution < -0.4 is 5.32 Å². The molecule has 24 heavy (non-hydrogen) atoms. The molecule has 0 radical (unpaired) electrons. The molecule has 0 aliphatic carbocycles. The fourth-order valence-electron chi connectivity index (χ4n) is 3.22. The molecular formula is C16H34IN5O2. The van der Waals surface area contributed by atoms with E-state index in [0.29, 0.717) is 6.04 Å². The van der Waals surface area contributed by atoms with E-state index < -0.39 is 0 Å². The molecule has 2 saturated heterocycles. The summed E-state index contributed by atoms with van der Waals surface area (Å²) in [5.41, 5.74) is 0. The number of likely N-dealkylation sites (N-methyl/N-ethyl adjacent to an activating group) is 1. The smallest absolute Gasteiger partial charge is 0.193 e. The number of likely N-dealkylation sites (tertiary alicyclic amines) is 1. The second kappa shape index (κ2) is 12.2. The molecule has 0 aromatic carbocycles. The Kier molecular flexibility index (Phi) is 11.2. The molecule has 1 atom stereocenters. The van der Waals surface area contributed by atoms with E-state index in [4.69, 9.17) is 9.47 Å². The lowest BCUT2D eigenvalue weighted by atomic mass is 10.2. The molecule has 2 aliphatic heterocycles. The third-order valence-corrected chi connectivity index (χ3v) is 4.69. The van der Waals surface area contributed by atoms with Gasteiger partial charge in [-0.15, -0.1) is 24.0 Å². The van der Waals surface area contributed by atoms with Gasteiger partial charge in [-0.3, -0.25) is 9.89 Å². The Morgan fingerprint density at radius 3 is 2.71 bits per heavy atom. The third-order valence-electron chi connectivity index (χ3n) is 4.69. The number of aliphatic imine (C=N–C) groups is 1. The van der Waals surface area contributed by atoms with Crippen molar-refractivity contribution in [3.05, 3.63) is 0 Å². The fourth-order valence-corrected chi connectivity index (χ4v) is 3.22. The molecule has 0 spiro atoms. The molecular weight excluding hydrogens is 421 g/mol. The van der Waals surface area contributed by atoms with Gasteiger partial charge in [0.2, 0.25) is 0 Å². The van der Waals surface area contributed by atoms with Gasteiger partial charge in [-0.25, -0.2) is 0 Å². The molecule has 2 aliphatic rings. The van der Waals surface area contributed by atoms with Crippen LogP contribution in [0.3, 0.4) is 0 Å². The number of nitrogens with one attached hydrogen (secondary N) is 1. The number of ether oxygens (including phenoxy) is 2. The lowest BCUT2D eigenvalue weighted by Gasteiger charge is -2.32. The fraction of sp³-hybridized carbons (Fsp3) is 0.938. The number of rotatable bonds is 7. The highest BCUT2D eigenvalue weighted by molar-refractivity contribution is 14.0. The Balaban J connectivity index is 0.00000288. The van der Waals surface area contributed by atoms with Gasteiger partial charge in [-0.1, -0.05) is 0 Å². The predicted molar refractivity (Wildman–Crippen MR) is 109 cm³/mol. The SMILES string of the molecule is CN=C(NCCN(C)CCOC)N1CCC(N2CCOCC2)C1.I. The van der Waals surface area contributed by atoms with E-state index in [1.54, 1.807) is 7.11 Å². The van der Waals surface area contributed by atoms with Crippen LogP contribution in [-0.2, 0) is 9.47 Å². The maximum Gasteiger partial charge on any atom is 0.193 e. The summed E-state index contributed by atoms with van der Waals surface area (Å²) in [5.74, 6) is 1.03. The minimum absolute atomic E-state index is 0. The molecule has 1 unspecified atom stereocenters. The summed E-state index contributed by atoms with van der Waals surface area (Å²) < 4.78 is 10.6. The average Bonchev–Trinajstić information content (AvgIpc) is 3.07. The Morgan fingerprint density at radius 1 is 1.29 bits per heavy atom. The molecule has 0 amide bonds. The molecule has 0 bridgehead atoms. The van der Waals surface area contributed by atoms with E-state index in [9.17, 15) is 0 Å². The Morgan fingerprint density at radius 2 is 2.04 bits per heavy atom. The third kappa shape index (κ3) is 6.99. The van der Waals surface area contributed by atoms with Crippen molar-refractivity contribution in [1.29, 1.82) is 0 Å². The first-order valence-electron chi connectivity index (χ1n) is 8.69. The largest absolute Gasteiger partial charge is 0.383 e. The highest BCUT2D eigenvalue weighted by Gasteiger charge is 2.30. The molecule has 2 heterocycles. The quantitative estimate of drug-likeness (QED) is 0.336. The number of nitrogens with zero attached hydrogens (tertiary/aromatic N) is 4. The van der Waals surface area contributed by atoms with Crippen LogP contribution >= 0.6 is 24.0 Å². The van der Waals surface area contributed by atoms with E-state index in [-0.39, 0.29) is 24.0 Å². The molecule has 2 rings (SSSR count). The van der Waals surface area contributed by atoms with Gasteiger partial charge < -0.3 is 24.6 Å². The lowest BCUT2D eigenvalue weighted by molar-refractivity contribution is 0.0195. The van der Waals surface area contributed by atoms with Crippen LogP contribution in [0, 0.1) is 0 Å². The van der Waals surface area contributed by atoms with Crippen molar-refractivity contribution in [2.24, 2.45) is 4.99 Å². The van der Waals surface area contributed by atoms with Crippen molar-refractivity contribution in [3.8, 4) is 0 Å². The standard InChI is InChI=1S/C16H33N5O2.HI/c1-17-16(18-5-7-19(2)8-11-22-3)21-6-4-15(14-21)20-9-12-23-13-10-20;/h15H,4-14H2,1-3H3,(H,17,18);1H. The van der Waals surface area contributed by atoms with Gasteiger partial charge in [0.15, 0.2) is 5.96 Å². The maximum absolute atomic E-state index is 5.45. The minimum atomic E-state index is 0. The normalized spacial score (nSPS) is 22.8. The summed E-state index contributed by atoms with van der Waals surface area (Å²) >= 11 is 0. The van der Waals surface area contributed by atoms with Gasteiger partial charge in [0, 0.05) is 66.0 Å². The zero-order chi connectivity index (χ0) is 16.5. The number of morpholine rings is 1. The highest BCUT2D eigenvalue weighted by atomic mass is 127. The molecule has 0 aromatic rings. The number of hydrogen-bond donors (Lipinski definition) is 1. The van der Waals surface area contributed by atoms with Gasteiger partial charge in [-0.05, 0) is 13.5 Å². The monoisotopic (exact) mass is 455 g/mol.